The van der Waals surface area contributed by atoms with Gasteiger partial charge in [0.15, 0.2) is 0 Å². The first-order valence-electron chi connectivity index (χ1n) is 11.8. The molecule has 1 aliphatic rings. The molecule has 174 valence electrons. The van der Waals surface area contributed by atoms with E-state index in [1.807, 2.05) is 61.6 Å². The van der Waals surface area contributed by atoms with Gasteiger partial charge in [-0.2, -0.15) is 0 Å². The fourth-order valence-electron chi connectivity index (χ4n) is 5.35. The van der Waals surface area contributed by atoms with Crippen LogP contribution in [0.2, 0.25) is 0 Å². The molecule has 0 unspecified atom stereocenters. The predicted molar refractivity (Wildman–Crippen MR) is 144 cm³/mol. The summed E-state index contributed by atoms with van der Waals surface area (Å²) in [6.07, 6.45) is 0.520. The number of pyridine rings is 1. The lowest BCUT2D eigenvalue weighted by atomic mass is 9.70. The van der Waals surface area contributed by atoms with Crippen molar-refractivity contribution in [2.45, 2.75) is 17.9 Å². The number of hydrogen-bond donors (Lipinski definition) is 2. The lowest BCUT2D eigenvalue weighted by Crippen LogP contribution is -2.38. The van der Waals surface area contributed by atoms with Gasteiger partial charge < -0.3 is 15.2 Å². The van der Waals surface area contributed by atoms with Gasteiger partial charge >= 0.3 is 0 Å². The Labute approximate surface area is 212 Å². The van der Waals surface area contributed by atoms with Crippen LogP contribution in [0.15, 0.2) is 95.5 Å². The number of fused-ring (bicyclic) bond motifs is 6. The second kappa shape index (κ2) is 8.76. The van der Waals surface area contributed by atoms with Crippen molar-refractivity contribution < 1.29 is 9.84 Å². The Kier molecular flexibility index (Phi) is 5.56. The third kappa shape index (κ3) is 3.80. The zero-order chi connectivity index (χ0) is 24.0. The highest BCUT2D eigenvalue weighted by Gasteiger charge is 2.44. The number of benzene rings is 4. The summed E-state index contributed by atoms with van der Waals surface area (Å²) in [6, 6.07) is 30.6. The Morgan fingerprint density at radius 2 is 1.74 bits per heavy atom. The number of nitrogens with zero attached hydrogens (tertiary/aromatic N) is 1. The van der Waals surface area contributed by atoms with Crippen molar-refractivity contribution in [2.75, 3.05) is 13.6 Å². The van der Waals surface area contributed by atoms with E-state index < -0.39 is 5.60 Å². The van der Waals surface area contributed by atoms with Crippen LogP contribution in [0.3, 0.4) is 0 Å². The molecule has 6 rings (SSSR count). The Hall–Kier alpha value is -3.25. The molecular weight excluding hydrogens is 500 g/mol. The zero-order valence-electron chi connectivity index (χ0n) is 19.3. The van der Waals surface area contributed by atoms with Crippen molar-refractivity contribution in [1.29, 1.82) is 0 Å². The number of aliphatic hydroxyl groups is 1. The molecule has 2 atom stereocenters. The summed E-state index contributed by atoms with van der Waals surface area (Å²) in [7, 11) is 1.92. The number of hydrogen-bond acceptors (Lipinski definition) is 4. The SMILES string of the molecule is CNCC[C@]1(O)c2cc(cc3ccccc23)Oc2nc3ccc(Br)cc3cc2[C@@H]1c1ccccc1. The molecule has 1 aliphatic heterocycles. The molecule has 1 aromatic heterocycles. The maximum Gasteiger partial charge on any atom is 0.223 e. The number of rotatable bonds is 4. The van der Waals surface area contributed by atoms with Crippen LogP contribution in [0.4, 0.5) is 0 Å². The van der Waals surface area contributed by atoms with E-state index in [9.17, 15) is 5.11 Å². The molecule has 5 heteroatoms. The average molecular weight is 525 g/mol. The van der Waals surface area contributed by atoms with Crippen molar-refractivity contribution in [2.24, 2.45) is 0 Å². The van der Waals surface area contributed by atoms with Crippen LogP contribution < -0.4 is 10.1 Å². The van der Waals surface area contributed by atoms with Gasteiger partial charge in [-0.15, -0.1) is 0 Å². The van der Waals surface area contributed by atoms with Crippen LogP contribution in [-0.4, -0.2) is 23.7 Å². The lowest BCUT2D eigenvalue weighted by molar-refractivity contribution is 0.0110. The molecule has 0 fully saturated rings. The highest BCUT2D eigenvalue weighted by molar-refractivity contribution is 9.10. The summed E-state index contributed by atoms with van der Waals surface area (Å²) in [5.74, 6) is 0.817. The first-order chi connectivity index (χ1) is 17.1. The minimum Gasteiger partial charge on any atom is -0.439 e. The predicted octanol–water partition coefficient (Wildman–Crippen LogP) is 6.89. The number of halogens is 1. The van der Waals surface area contributed by atoms with Gasteiger partial charge in [-0.1, -0.05) is 70.5 Å². The van der Waals surface area contributed by atoms with Gasteiger partial charge in [-0.3, -0.25) is 0 Å². The molecule has 5 aromatic rings. The third-order valence-corrected chi connectivity index (χ3v) is 7.46. The molecule has 4 nitrogen and oxygen atoms in total. The van der Waals surface area contributed by atoms with E-state index in [4.69, 9.17) is 9.72 Å². The average Bonchev–Trinajstić information content (AvgIpc) is 2.87. The highest BCUT2D eigenvalue weighted by Crippen LogP contribution is 2.51. The van der Waals surface area contributed by atoms with Gasteiger partial charge in [0.1, 0.15) is 11.4 Å². The van der Waals surface area contributed by atoms with E-state index in [2.05, 4.69) is 57.6 Å². The lowest BCUT2D eigenvalue weighted by Gasteiger charge is -2.40. The first kappa shape index (κ1) is 22.2. The fraction of sp³-hybridized carbons (Fsp3) is 0.167. The van der Waals surface area contributed by atoms with E-state index in [1.165, 1.54) is 0 Å². The molecule has 0 spiro atoms. The molecule has 2 heterocycles. The molecule has 0 saturated carbocycles. The van der Waals surface area contributed by atoms with E-state index in [-0.39, 0.29) is 5.92 Å². The van der Waals surface area contributed by atoms with Crippen LogP contribution >= 0.6 is 15.9 Å². The quantitative estimate of drug-likeness (QED) is 0.269. The zero-order valence-corrected chi connectivity index (χ0v) is 20.9. The topological polar surface area (TPSA) is 54.4 Å². The van der Waals surface area contributed by atoms with Crippen LogP contribution in [0.1, 0.15) is 29.0 Å². The standard InChI is InChI=1S/C30H25BrN2O2/c1-32-14-13-30(34)26-18-23(16-20-9-5-6-10-24(20)26)35-29-25(28(30)19-7-3-2-4-8-19)17-21-15-22(31)11-12-27(21)33-29/h2-12,15-18,28,32,34H,13-14H2,1H3/t28-,30-/m0/s1. The Morgan fingerprint density at radius 1 is 0.943 bits per heavy atom. The van der Waals surface area contributed by atoms with E-state index >= 15 is 0 Å². The maximum atomic E-state index is 12.8. The number of ether oxygens (including phenoxy) is 1. The van der Waals surface area contributed by atoms with Crippen molar-refractivity contribution in [3.05, 3.63) is 112 Å². The van der Waals surface area contributed by atoms with Crippen LogP contribution in [0.25, 0.3) is 21.7 Å². The van der Waals surface area contributed by atoms with Gasteiger partial charge in [0.2, 0.25) is 5.88 Å². The summed E-state index contributed by atoms with van der Waals surface area (Å²) in [4.78, 5) is 4.94. The maximum absolute atomic E-state index is 12.8. The van der Waals surface area contributed by atoms with E-state index in [0.29, 0.717) is 24.6 Å². The van der Waals surface area contributed by atoms with E-state index in [0.717, 1.165) is 42.8 Å². The second-order valence-corrected chi connectivity index (χ2v) is 10.1. The molecule has 0 saturated heterocycles. The molecule has 2 N–H and O–H groups in total. The monoisotopic (exact) mass is 524 g/mol. The Bertz CT molecular complexity index is 1550. The number of aromatic nitrogens is 1. The third-order valence-electron chi connectivity index (χ3n) is 6.96. The summed E-state index contributed by atoms with van der Waals surface area (Å²) in [5, 5.41) is 19.1. The van der Waals surface area contributed by atoms with Crippen molar-refractivity contribution in [3.8, 4) is 11.6 Å². The van der Waals surface area contributed by atoms with Gasteiger partial charge in [0.25, 0.3) is 0 Å². The molecule has 35 heavy (non-hydrogen) atoms. The highest BCUT2D eigenvalue weighted by atomic mass is 79.9. The fourth-order valence-corrected chi connectivity index (χ4v) is 5.73. The van der Waals surface area contributed by atoms with Gasteiger partial charge in [-0.05, 0) is 78.3 Å². The molecule has 2 bridgehead atoms. The van der Waals surface area contributed by atoms with Gasteiger partial charge in [0.05, 0.1) is 5.52 Å². The van der Waals surface area contributed by atoms with Gasteiger partial charge in [-0.25, -0.2) is 4.98 Å². The van der Waals surface area contributed by atoms with Gasteiger partial charge in [0, 0.05) is 21.3 Å². The Morgan fingerprint density at radius 3 is 2.57 bits per heavy atom. The normalized spacial score (nSPS) is 19.1. The van der Waals surface area contributed by atoms with E-state index in [1.54, 1.807) is 0 Å². The number of nitrogens with one attached hydrogen (secondary N) is 1. The second-order valence-electron chi connectivity index (χ2n) is 9.14. The van der Waals surface area contributed by atoms with Crippen LogP contribution in [0.5, 0.6) is 11.6 Å². The molecule has 0 aliphatic carbocycles. The molecular formula is C30H25BrN2O2. The minimum absolute atomic E-state index is 0.387. The summed E-state index contributed by atoms with van der Waals surface area (Å²) >= 11 is 3.60. The summed E-state index contributed by atoms with van der Waals surface area (Å²) < 4.78 is 7.47. The summed E-state index contributed by atoms with van der Waals surface area (Å²) in [6.45, 7) is 0.654. The van der Waals surface area contributed by atoms with Crippen molar-refractivity contribution in [1.82, 2.24) is 10.3 Å². The molecule has 4 aromatic carbocycles. The minimum atomic E-state index is -1.21. The largest absolute Gasteiger partial charge is 0.439 e. The smallest absolute Gasteiger partial charge is 0.223 e. The van der Waals surface area contributed by atoms with Crippen molar-refractivity contribution >= 4 is 37.6 Å². The Balaban J connectivity index is 1.73. The summed E-state index contributed by atoms with van der Waals surface area (Å²) in [5.41, 5.74) is 2.40. The van der Waals surface area contributed by atoms with Crippen molar-refractivity contribution in [3.63, 3.8) is 0 Å². The molecule has 0 amide bonds. The molecule has 0 radical (unpaired) electrons. The first-order valence-corrected chi connectivity index (χ1v) is 12.6. The van der Waals surface area contributed by atoms with Crippen LogP contribution in [-0.2, 0) is 5.60 Å². The van der Waals surface area contributed by atoms with Crippen LogP contribution in [0, 0.1) is 0 Å².